The maximum absolute atomic E-state index is 12.8. The van der Waals surface area contributed by atoms with Gasteiger partial charge in [0, 0.05) is 31.7 Å². The van der Waals surface area contributed by atoms with Crippen LogP contribution in [0.1, 0.15) is 30.6 Å². The molecule has 0 aliphatic carbocycles. The molecule has 1 fully saturated rings. The maximum atomic E-state index is 12.8. The Morgan fingerprint density at radius 1 is 1.00 bits per heavy atom. The van der Waals surface area contributed by atoms with E-state index in [9.17, 15) is 9.59 Å². The molecule has 0 bridgehead atoms. The third-order valence-electron chi connectivity index (χ3n) is 4.21. The average molecular weight is 364 g/mol. The molecule has 1 aromatic rings. The highest BCUT2D eigenvalue weighted by Crippen LogP contribution is 2.28. The van der Waals surface area contributed by atoms with Gasteiger partial charge in [0.05, 0.1) is 20.8 Å². The van der Waals surface area contributed by atoms with Gasteiger partial charge in [-0.1, -0.05) is 13.8 Å². The highest BCUT2D eigenvalue weighted by atomic mass is 16.6. The van der Waals surface area contributed by atoms with Gasteiger partial charge in [0.25, 0.3) is 5.91 Å². The number of carbonyl (C=O) groups is 2. The van der Waals surface area contributed by atoms with Gasteiger partial charge in [-0.2, -0.15) is 0 Å². The Morgan fingerprint density at radius 2 is 1.65 bits per heavy atom. The summed E-state index contributed by atoms with van der Waals surface area (Å²) in [5.41, 5.74) is 0.540. The van der Waals surface area contributed by atoms with Crippen LogP contribution in [0.3, 0.4) is 0 Å². The molecule has 1 heterocycles. The fourth-order valence-corrected chi connectivity index (χ4v) is 2.78. The van der Waals surface area contributed by atoms with Gasteiger partial charge in [0.2, 0.25) is 0 Å². The molecule has 2 amide bonds. The largest absolute Gasteiger partial charge is 0.493 e. The Hall–Kier alpha value is -2.44. The highest BCUT2D eigenvalue weighted by molar-refractivity contribution is 5.95. The SMILES string of the molecule is COc1ccc(C(=O)N2CCCN(C(=O)OCC(C)C)CC2)cc1OC. The number of nitrogens with zero attached hydrogens (tertiary/aromatic N) is 2. The lowest BCUT2D eigenvalue weighted by Gasteiger charge is -2.22. The first-order chi connectivity index (χ1) is 12.5. The van der Waals surface area contributed by atoms with Crippen LogP contribution in [-0.2, 0) is 4.74 Å². The molecule has 0 radical (unpaired) electrons. The van der Waals surface area contributed by atoms with Crippen LogP contribution in [0.4, 0.5) is 4.79 Å². The number of benzene rings is 1. The summed E-state index contributed by atoms with van der Waals surface area (Å²) in [6.07, 6.45) is 0.412. The van der Waals surface area contributed by atoms with E-state index in [0.717, 1.165) is 6.42 Å². The zero-order valence-electron chi connectivity index (χ0n) is 16.0. The van der Waals surface area contributed by atoms with Crippen molar-refractivity contribution in [1.82, 2.24) is 9.80 Å². The Bertz CT molecular complexity index is 632. The summed E-state index contributed by atoms with van der Waals surface area (Å²) in [5.74, 6) is 1.32. The Labute approximate surface area is 154 Å². The van der Waals surface area contributed by atoms with Crippen LogP contribution >= 0.6 is 0 Å². The summed E-state index contributed by atoms with van der Waals surface area (Å²) in [7, 11) is 3.10. The van der Waals surface area contributed by atoms with Crippen molar-refractivity contribution in [3.63, 3.8) is 0 Å². The lowest BCUT2D eigenvalue weighted by Crippen LogP contribution is -2.38. The second-order valence-corrected chi connectivity index (χ2v) is 6.67. The van der Waals surface area contributed by atoms with E-state index in [1.165, 1.54) is 0 Å². The summed E-state index contributed by atoms with van der Waals surface area (Å²) < 4.78 is 15.8. The summed E-state index contributed by atoms with van der Waals surface area (Å²) in [5, 5.41) is 0. The van der Waals surface area contributed by atoms with Gasteiger partial charge in [-0.25, -0.2) is 4.79 Å². The predicted octanol–water partition coefficient (Wildman–Crippen LogP) is 2.64. The molecule has 0 saturated carbocycles. The Morgan fingerprint density at radius 3 is 2.31 bits per heavy atom. The Kier molecular flexibility index (Phi) is 7.12. The van der Waals surface area contributed by atoms with Crippen LogP contribution in [0, 0.1) is 5.92 Å². The molecule has 0 spiro atoms. The molecular formula is C19H28N2O5. The average Bonchev–Trinajstić information content (AvgIpc) is 2.91. The van der Waals surface area contributed by atoms with Crippen LogP contribution < -0.4 is 9.47 Å². The molecule has 1 aliphatic rings. The summed E-state index contributed by atoms with van der Waals surface area (Å²) in [6.45, 7) is 6.54. The van der Waals surface area contributed by atoms with Crippen molar-refractivity contribution >= 4 is 12.0 Å². The summed E-state index contributed by atoms with van der Waals surface area (Å²) >= 11 is 0. The quantitative estimate of drug-likeness (QED) is 0.803. The monoisotopic (exact) mass is 364 g/mol. The van der Waals surface area contributed by atoms with E-state index < -0.39 is 0 Å². The van der Waals surface area contributed by atoms with E-state index >= 15 is 0 Å². The van der Waals surface area contributed by atoms with Gasteiger partial charge in [0.1, 0.15) is 0 Å². The van der Waals surface area contributed by atoms with Crippen molar-refractivity contribution in [1.29, 1.82) is 0 Å². The number of amides is 2. The lowest BCUT2D eigenvalue weighted by atomic mass is 10.1. The molecule has 0 unspecified atom stereocenters. The van der Waals surface area contributed by atoms with E-state index in [1.807, 2.05) is 13.8 Å². The molecule has 0 aromatic heterocycles. The topological polar surface area (TPSA) is 68.3 Å². The first-order valence-electron chi connectivity index (χ1n) is 8.89. The Balaban J connectivity index is 2.00. The van der Waals surface area contributed by atoms with Gasteiger partial charge in [-0.3, -0.25) is 4.79 Å². The van der Waals surface area contributed by atoms with E-state index in [1.54, 1.807) is 42.2 Å². The third kappa shape index (κ3) is 5.03. The van der Waals surface area contributed by atoms with Crippen molar-refractivity contribution in [2.75, 3.05) is 47.0 Å². The molecular weight excluding hydrogens is 336 g/mol. The lowest BCUT2D eigenvalue weighted by molar-refractivity contribution is 0.0746. The fourth-order valence-electron chi connectivity index (χ4n) is 2.78. The van der Waals surface area contributed by atoms with Crippen molar-refractivity contribution in [3.8, 4) is 11.5 Å². The first-order valence-corrected chi connectivity index (χ1v) is 8.89. The summed E-state index contributed by atoms with van der Waals surface area (Å²) in [4.78, 5) is 28.4. The first kappa shape index (κ1) is 19.9. The molecule has 1 aromatic carbocycles. The fraction of sp³-hybridized carbons (Fsp3) is 0.579. The van der Waals surface area contributed by atoms with Crippen molar-refractivity contribution in [2.24, 2.45) is 5.92 Å². The second kappa shape index (κ2) is 9.31. The molecule has 0 atom stereocenters. The number of hydrogen-bond acceptors (Lipinski definition) is 5. The molecule has 144 valence electrons. The minimum atomic E-state index is -0.306. The zero-order chi connectivity index (χ0) is 19.1. The van der Waals surface area contributed by atoms with Gasteiger partial charge >= 0.3 is 6.09 Å². The van der Waals surface area contributed by atoms with Crippen LogP contribution in [0.25, 0.3) is 0 Å². The molecule has 26 heavy (non-hydrogen) atoms. The van der Waals surface area contributed by atoms with Crippen LogP contribution in [0.2, 0.25) is 0 Å². The standard InChI is InChI=1S/C19H28N2O5/c1-14(2)13-26-19(23)21-9-5-8-20(10-11-21)18(22)15-6-7-16(24-3)17(12-15)25-4/h6-7,12,14H,5,8-11,13H2,1-4H3. The van der Waals surface area contributed by atoms with Crippen LogP contribution in [0.5, 0.6) is 11.5 Å². The van der Waals surface area contributed by atoms with Crippen molar-refractivity contribution in [2.45, 2.75) is 20.3 Å². The van der Waals surface area contributed by atoms with E-state index in [-0.39, 0.29) is 12.0 Å². The highest BCUT2D eigenvalue weighted by Gasteiger charge is 2.24. The van der Waals surface area contributed by atoms with Crippen LogP contribution in [-0.4, -0.2) is 68.8 Å². The van der Waals surface area contributed by atoms with Crippen molar-refractivity contribution < 1.29 is 23.8 Å². The third-order valence-corrected chi connectivity index (χ3v) is 4.21. The van der Waals surface area contributed by atoms with E-state index in [4.69, 9.17) is 14.2 Å². The van der Waals surface area contributed by atoms with Crippen LogP contribution in [0.15, 0.2) is 18.2 Å². The molecule has 1 saturated heterocycles. The maximum Gasteiger partial charge on any atom is 0.409 e. The van der Waals surface area contributed by atoms with Gasteiger partial charge < -0.3 is 24.0 Å². The molecule has 7 heteroatoms. The predicted molar refractivity (Wildman–Crippen MR) is 97.8 cm³/mol. The van der Waals surface area contributed by atoms with Crippen molar-refractivity contribution in [3.05, 3.63) is 23.8 Å². The summed E-state index contributed by atoms with van der Waals surface area (Å²) in [6, 6.07) is 5.13. The van der Waals surface area contributed by atoms with Gasteiger partial charge in [-0.05, 0) is 30.5 Å². The van der Waals surface area contributed by atoms with Gasteiger partial charge in [0.15, 0.2) is 11.5 Å². The molecule has 0 N–H and O–H groups in total. The smallest absolute Gasteiger partial charge is 0.409 e. The van der Waals surface area contributed by atoms with E-state index in [0.29, 0.717) is 55.8 Å². The number of carbonyl (C=O) groups excluding carboxylic acids is 2. The minimum absolute atomic E-state index is 0.0802. The zero-order valence-corrected chi connectivity index (χ0v) is 16.0. The molecule has 2 rings (SSSR count). The number of rotatable bonds is 5. The van der Waals surface area contributed by atoms with Gasteiger partial charge in [-0.15, -0.1) is 0 Å². The molecule has 7 nitrogen and oxygen atoms in total. The van der Waals surface area contributed by atoms with E-state index in [2.05, 4.69) is 0 Å². The second-order valence-electron chi connectivity index (χ2n) is 6.67. The normalized spacial score (nSPS) is 14.8. The number of ether oxygens (including phenoxy) is 3. The molecule has 1 aliphatic heterocycles. The number of methoxy groups -OCH3 is 2. The minimum Gasteiger partial charge on any atom is -0.493 e. The number of hydrogen-bond donors (Lipinski definition) is 0.